The first-order valence-electron chi connectivity index (χ1n) is 5.38. The zero-order valence-electron chi connectivity index (χ0n) is 10.2. The van der Waals surface area contributed by atoms with Crippen molar-refractivity contribution in [1.82, 2.24) is 9.97 Å². The summed E-state index contributed by atoms with van der Waals surface area (Å²) >= 11 is 0. The van der Waals surface area contributed by atoms with Crippen molar-refractivity contribution in [3.63, 3.8) is 0 Å². The lowest BCUT2D eigenvalue weighted by Crippen LogP contribution is -2.11. The predicted octanol–water partition coefficient (Wildman–Crippen LogP) is 2.59. The molecular formula is C12H9F3N2O3. The third-order valence-corrected chi connectivity index (χ3v) is 2.38. The number of H-pyrrole nitrogens is 1. The molecular weight excluding hydrogens is 277 g/mol. The summed E-state index contributed by atoms with van der Waals surface area (Å²) in [7, 11) is 1.26. The number of hydrogen-bond acceptors (Lipinski definition) is 4. The molecule has 0 aliphatic carbocycles. The van der Waals surface area contributed by atoms with Crippen LogP contribution in [0.5, 0.6) is 17.4 Å². The number of alkyl halides is 3. The second-order valence-corrected chi connectivity index (χ2v) is 3.69. The van der Waals surface area contributed by atoms with Gasteiger partial charge in [-0.25, -0.2) is 4.98 Å². The molecule has 0 unspecified atom stereocenters. The predicted molar refractivity (Wildman–Crippen MR) is 62.9 cm³/mol. The van der Waals surface area contributed by atoms with Crippen LogP contribution in [0.2, 0.25) is 0 Å². The van der Waals surface area contributed by atoms with E-state index in [1.165, 1.54) is 7.11 Å². The van der Waals surface area contributed by atoms with E-state index in [0.29, 0.717) is 0 Å². The van der Waals surface area contributed by atoms with Crippen LogP contribution in [0, 0.1) is 0 Å². The number of halogens is 3. The third kappa shape index (κ3) is 2.90. The van der Waals surface area contributed by atoms with Crippen LogP contribution in [0.1, 0.15) is 5.56 Å². The van der Waals surface area contributed by atoms with E-state index < -0.39 is 17.3 Å². The van der Waals surface area contributed by atoms with Crippen molar-refractivity contribution >= 4 is 0 Å². The number of ether oxygens (including phenoxy) is 2. The number of nitrogens with one attached hydrogen (secondary N) is 1. The van der Waals surface area contributed by atoms with Crippen LogP contribution in [0.4, 0.5) is 13.2 Å². The minimum Gasteiger partial charge on any atom is -0.487 e. The topological polar surface area (TPSA) is 64.2 Å². The Labute approximate surface area is 111 Å². The van der Waals surface area contributed by atoms with Crippen molar-refractivity contribution in [3.8, 4) is 17.4 Å². The van der Waals surface area contributed by atoms with E-state index in [2.05, 4.69) is 9.97 Å². The maximum Gasteiger partial charge on any atom is 0.416 e. The first-order valence-corrected chi connectivity index (χ1v) is 5.38. The maximum atomic E-state index is 12.4. The molecule has 5 nitrogen and oxygen atoms in total. The van der Waals surface area contributed by atoms with Crippen molar-refractivity contribution in [3.05, 3.63) is 46.5 Å². The van der Waals surface area contributed by atoms with Crippen LogP contribution in [0.15, 0.2) is 35.4 Å². The zero-order valence-corrected chi connectivity index (χ0v) is 10.2. The second-order valence-electron chi connectivity index (χ2n) is 3.69. The van der Waals surface area contributed by atoms with E-state index in [4.69, 9.17) is 9.47 Å². The molecule has 1 N–H and O–H groups in total. The van der Waals surface area contributed by atoms with E-state index >= 15 is 0 Å². The standard InChI is InChI=1S/C12H9F3N2O3/c1-19-9-10(18)16-6-17-11(9)20-8-4-2-7(3-5-8)12(13,14)15/h2-6H,1H3,(H,16,17,18). The average Bonchev–Trinajstić information content (AvgIpc) is 2.38. The van der Waals surface area contributed by atoms with Crippen molar-refractivity contribution in [2.75, 3.05) is 7.11 Å². The molecule has 0 bridgehead atoms. The highest BCUT2D eigenvalue weighted by Crippen LogP contribution is 2.32. The fraction of sp³-hybridized carbons (Fsp3) is 0.167. The van der Waals surface area contributed by atoms with Gasteiger partial charge in [0, 0.05) is 0 Å². The molecule has 2 rings (SSSR count). The summed E-state index contributed by atoms with van der Waals surface area (Å²) in [6.07, 6.45) is -3.32. The summed E-state index contributed by atoms with van der Waals surface area (Å²) in [6, 6.07) is 4.00. The van der Waals surface area contributed by atoms with Crippen LogP contribution in [0.25, 0.3) is 0 Å². The number of benzene rings is 1. The smallest absolute Gasteiger partial charge is 0.416 e. The van der Waals surface area contributed by atoms with E-state index in [1.54, 1.807) is 0 Å². The molecule has 1 heterocycles. The van der Waals surface area contributed by atoms with Crippen LogP contribution < -0.4 is 15.0 Å². The summed E-state index contributed by atoms with van der Waals surface area (Å²) in [6.45, 7) is 0. The number of rotatable bonds is 3. The lowest BCUT2D eigenvalue weighted by molar-refractivity contribution is -0.137. The Hall–Kier alpha value is -2.51. The highest BCUT2D eigenvalue weighted by molar-refractivity contribution is 5.36. The Kier molecular flexibility index (Phi) is 3.64. The van der Waals surface area contributed by atoms with E-state index in [9.17, 15) is 18.0 Å². The van der Waals surface area contributed by atoms with Gasteiger partial charge in [-0.1, -0.05) is 0 Å². The molecule has 0 fully saturated rings. The molecule has 0 aliphatic rings. The zero-order chi connectivity index (χ0) is 14.8. The molecule has 1 aromatic heterocycles. The Balaban J connectivity index is 2.27. The molecule has 0 saturated carbocycles. The lowest BCUT2D eigenvalue weighted by atomic mass is 10.2. The summed E-state index contributed by atoms with van der Waals surface area (Å²) < 4.78 is 47.2. The monoisotopic (exact) mass is 286 g/mol. The van der Waals surface area contributed by atoms with Gasteiger partial charge in [-0.05, 0) is 24.3 Å². The molecule has 20 heavy (non-hydrogen) atoms. The first kappa shape index (κ1) is 13.9. The summed E-state index contributed by atoms with van der Waals surface area (Å²) in [5.74, 6) is -0.183. The van der Waals surface area contributed by atoms with E-state index in [1.807, 2.05) is 0 Å². The van der Waals surface area contributed by atoms with Crippen molar-refractivity contribution in [1.29, 1.82) is 0 Å². The lowest BCUT2D eigenvalue weighted by Gasteiger charge is -2.09. The molecule has 0 radical (unpaired) electrons. The van der Waals surface area contributed by atoms with Crippen molar-refractivity contribution < 1.29 is 22.6 Å². The largest absolute Gasteiger partial charge is 0.487 e. The highest BCUT2D eigenvalue weighted by atomic mass is 19.4. The average molecular weight is 286 g/mol. The summed E-state index contributed by atoms with van der Waals surface area (Å²) in [4.78, 5) is 17.4. The van der Waals surface area contributed by atoms with Gasteiger partial charge in [0.05, 0.1) is 19.0 Å². The minimum atomic E-state index is -4.42. The number of nitrogens with zero attached hydrogens (tertiary/aromatic N) is 1. The van der Waals surface area contributed by atoms with Crippen molar-refractivity contribution in [2.24, 2.45) is 0 Å². The quantitative estimate of drug-likeness (QED) is 0.942. The molecule has 0 saturated heterocycles. The van der Waals surface area contributed by atoms with Crippen LogP contribution in [-0.4, -0.2) is 17.1 Å². The molecule has 106 valence electrons. The highest BCUT2D eigenvalue weighted by Gasteiger charge is 2.30. The van der Waals surface area contributed by atoms with Gasteiger partial charge in [-0.15, -0.1) is 0 Å². The number of hydrogen-bond donors (Lipinski definition) is 1. The van der Waals surface area contributed by atoms with E-state index in [-0.39, 0.29) is 17.4 Å². The van der Waals surface area contributed by atoms with Crippen LogP contribution in [-0.2, 0) is 6.18 Å². The van der Waals surface area contributed by atoms with Gasteiger partial charge in [-0.3, -0.25) is 4.79 Å². The Morgan fingerprint density at radius 3 is 2.40 bits per heavy atom. The van der Waals surface area contributed by atoms with Gasteiger partial charge in [0.15, 0.2) is 0 Å². The molecule has 8 heteroatoms. The minimum absolute atomic E-state index is 0.106. The molecule has 0 atom stereocenters. The van der Waals surface area contributed by atoms with Crippen molar-refractivity contribution in [2.45, 2.75) is 6.18 Å². The Morgan fingerprint density at radius 2 is 1.85 bits per heavy atom. The third-order valence-electron chi connectivity index (χ3n) is 2.38. The fourth-order valence-electron chi connectivity index (χ4n) is 1.45. The van der Waals surface area contributed by atoms with Crippen LogP contribution in [0.3, 0.4) is 0 Å². The maximum absolute atomic E-state index is 12.4. The summed E-state index contributed by atoms with van der Waals surface area (Å²) in [5.41, 5.74) is -1.35. The van der Waals surface area contributed by atoms with E-state index in [0.717, 1.165) is 30.6 Å². The van der Waals surface area contributed by atoms with Gasteiger partial charge in [0.2, 0.25) is 5.75 Å². The SMILES string of the molecule is COc1c(Oc2ccc(C(F)(F)F)cc2)nc[nH]c1=O. The molecule has 0 spiro atoms. The second kappa shape index (κ2) is 5.24. The van der Waals surface area contributed by atoms with Gasteiger partial charge >= 0.3 is 6.18 Å². The first-order chi connectivity index (χ1) is 9.41. The molecule has 1 aromatic carbocycles. The van der Waals surface area contributed by atoms with Gasteiger partial charge in [0.1, 0.15) is 5.75 Å². The molecule has 0 aliphatic heterocycles. The number of methoxy groups -OCH3 is 1. The Bertz CT molecular complexity index is 650. The van der Waals surface area contributed by atoms with Gasteiger partial charge in [0.25, 0.3) is 11.4 Å². The normalized spacial score (nSPS) is 11.2. The van der Waals surface area contributed by atoms with Crippen LogP contribution >= 0.6 is 0 Å². The van der Waals surface area contributed by atoms with Gasteiger partial charge in [-0.2, -0.15) is 13.2 Å². The fourth-order valence-corrected chi connectivity index (χ4v) is 1.45. The molecule has 2 aromatic rings. The number of aromatic amines is 1. The van der Waals surface area contributed by atoms with Gasteiger partial charge < -0.3 is 14.5 Å². The Morgan fingerprint density at radius 1 is 1.20 bits per heavy atom. The summed E-state index contributed by atoms with van der Waals surface area (Å²) in [5, 5.41) is 0. The number of aromatic nitrogens is 2. The molecule has 0 amide bonds.